The van der Waals surface area contributed by atoms with Gasteiger partial charge in [-0.1, -0.05) is 62.4 Å². The van der Waals surface area contributed by atoms with E-state index in [9.17, 15) is 26.7 Å². The molecule has 0 N–H and O–H groups in total. The molecule has 0 spiro atoms. The Kier molecular flexibility index (Phi) is 9.78. The number of halogens is 5. The van der Waals surface area contributed by atoms with Gasteiger partial charge in [0.25, 0.3) is 0 Å². The Morgan fingerprint density at radius 1 is 0.814 bits per heavy atom. The fourth-order valence-electron chi connectivity index (χ4n) is 7.01. The lowest BCUT2D eigenvalue weighted by atomic mass is 9.73. The summed E-state index contributed by atoms with van der Waals surface area (Å²) in [5, 5.41) is 0. The standard InChI is InChI=1S/C36H38F5NO/c1-23-7-2-3-11-31(23)34-17-26(16-25-10-6-9-24(15-25)8-4-5-14-36(39,40)41)18-35(43)32-21-27(12-13-33(32)42-34)28-19-29(37)22-30(38)20-28/h2-3,7,11-13,19-22,24-26H,4-6,8-10,14-18H2,1H3. The molecule has 43 heavy (non-hydrogen) atoms. The number of aliphatic imine (C=N–C) groups is 1. The van der Waals surface area contributed by atoms with Gasteiger partial charge in [0.1, 0.15) is 11.6 Å². The summed E-state index contributed by atoms with van der Waals surface area (Å²) in [6.45, 7) is 2.05. The Morgan fingerprint density at radius 3 is 2.30 bits per heavy atom. The average molecular weight is 596 g/mol. The zero-order chi connectivity index (χ0) is 30.6. The van der Waals surface area contributed by atoms with Crippen LogP contribution in [0.1, 0.15) is 92.1 Å². The fourth-order valence-corrected chi connectivity index (χ4v) is 7.01. The monoisotopic (exact) mass is 595 g/mol. The number of aryl methyl sites for hydroxylation is 1. The van der Waals surface area contributed by atoms with Crippen LogP contribution < -0.4 is 0 Å². The molecule has 1 heterocycles. The molecule has 1 saturated carbocycles. The van der Waals surface area contributed by atoms with E-state index in [1.165, 1.54) is 12.1 Å². The number of nitrogens with zero attached hydrogens (tertiary/aromatic N) is 1. The van der Waals surface area contributed by atoms with Crippen molar-refractivity contribution in [2.45, 2.75) is 83.7 Å². The molecule has 2 aliphatic rings. The van der Waals surface area contributed by atoms with Gasteiger partial charge in [-0.25, -0.2) is 8.78 Å². The Bertz CT molecular complexity index is 1460. The van der Waals surface area contributed by atoms with E-state index in [4.69, 9.17) is 4.99 Å². The van der Waals surface area contributed by atoms with Crippen LogP contribution >= 0.6 is 0 Å². The first kappa shape index (κ1) is 31.1. The SMILES string of the molecule is Cc1ccccc1C1=Nc2ccc(-c3cc(F)cc(F)c3)cc2C(=O)CC(CC2CCCC(CCCCC(F)(F)F)C2)C1. The Hall–Kier alpha value is -3.35. The third kappa shape index (κ3) is 8.39. The Morgan fingerprint density at radius 2 is 1.56 bits per heavy atom. The van der Waals surface area contributed by atoms with Crippen molar-refractivity contribution in [2.75, 3.05) is 0 Å². The van der Waals surface area contributed by atoms with Crippen LogP contribution in [0.3, 0.4) is 0 Å². The molecule has 0 saturated heterocycles. The van der Waals surface area contributed by atoms with Gasteiger partial charge in [0.2, 0.25) is 0 Å². The summed E-state index contributed by atoms with van der Waals surface area (Å²) in [5.74, 6) is -0.499. The number of fused-ring (bicyclic) bond motifs is 1. The maximum absolute atomic E-state index is 14.0. The van der Waals surface area contributed by atoms with Crippen molar-refractivity contribution < 1.29 is 26.7 Å². The van der Waals surface area contributed by atoms with Crippen LogP contribution in [0.5, 0.6) is 0 Å². The van der Waals surface area contributed by atoms with E-state index in [0.29, 0.717) is 53.5 Å². The molecule has 3 atom stereocenters. The molecule has 3 aromatic carbocycles. The number of hydrogen-bond acceptors (Lipinski definition) is 2. The van der Waals surface area contributed by atoms with Gasteiger partial charge in [0.05, 0.1) is 5.69 Å². The summed E-state index contributed by atoms with van der Waals surface area (Å²) in [6, 6.07) is 16.6. The number of benzene rings is 3. The second kappa shape index (κ2) is 13.5. The first-order chi connectivity index (χ1) is 20.5. The van der Waals surface area contributed by atoms with Crippen LogP contribution in [-0.4, -0.2) is 17.7 Å². The van der Waals surface area contributed by atoms with Gasteiger partial charge in [-0.2, -0.15) is 13.2 Å². The molecule has 2 nitrogen and oxygen atoms in total. The van der Waals surface area contributed by atoms with E-state index < -0.39 is 24.2 Å². The average Bonchev–Trinajstić information content (AvgIpc) is 2.94. The smallest absolute Gasteiger partial charge is 0.294 e. The lowest BCUT2D eigenvalue weighted by molar-refractivity contribution is -0.135. The maximum Gasteiger partial charge on any atom is 0.389 e. The van der Waals surface area contributed by atoms with E-state index in [-0.39, 0.29) is 18.1 Å². The minimum Gasteiger partial charge on any atom is -0.294 e. The Balaban J connectivity index is 1.39. The second-order valence-corrected chi connectivity index (χ2v) is 12.5. The van der Waals surface area contributed by atoms with Gasteiger partial charge >= 0.3 is 6.18 Å². The zero-order valence-electron chi connectivity index (χ0n) is 24.5. The van der Waals surface area contributed by atoms with Crippen LogP contribution in [0.15, 0.2) is 65.7 Å². The number of carbonyl (C=O) groups excluding carboxylic acids is 1. The van der Waals surface area contributed by atoms with Crippen LogP contribution in [0.4, 0.5) is 27.6 Å². The molecule has 3 aromatic rings. The number of unbranched alkanes of at least 4 members (excludes halogenated alkanes) is 1. The number of Topliss-reactive ketones (excluding diaryl/α,β-unsaturated/α-hetero) is 1. The van der Waals surface area contributed by atoms with Crippen molar-refractivity contribution in [3.8, 4) is 11.1 Å². The summed E-state index contributed by atoms with van der Waals surface area (Å²) >= 11 is 0. The molecule has 1 aliphatic heterocycles. The summed E-state index contributed by atoms with van der Waals surface area (Å²) in [5.41, 5.74) is 4.96. The van der Waals surface area contributed by atoms with Crippen molar-refractivity contribution in [3.63, 3.8) is 0 Å². The normalized spacial score (nSPS) is 21.1. The molecule has 0 aromatic heterocycles. The van der Waals surface area contributed by atoms with E-state index in [1.54, 1.807) is 18.2 Å². The van der Waals surface area contributed by atoms with Crippen molar-refractivity contribution in [3.05, 3.63) is 89.0 Å². The summed E-state index contributed by atoms with van der Waals surface area (Å²) in [6.07, 6.45) is 2.80. The molecule has 1 aliphatic carbocycles. The fraction of sp³-hybridized carbons (Fsp3) is 0.444. The van der Waals surface area contributed by atoms with Gasteiger partial charge in [-0.15, -0.1) is 0 Å². The van der Waals surface area contributed by atoms with Crippen molar-refractivity contribution >= 4 is 17.2 Å². The van der Waals surface area contributed by atoms with Gasteiger partial charge in [0.15, 0.2) is 5.78 Å². The quantitative estimate of drug-likeness (QED) is 0.188. The van der Waals surface area contributed by atoms with Crippen molar-refractivity contribution in [1.29, 1.82) is 0 Å². The molecule has 3 unspecified atom stereocenters. The highest BCUT2D eigenvalue weighted by Gasteiger charge is 2.30. The van der Waals surface area contributed by atoms with Crippen LogP contribution in [-0.2, 0) is 0 Å². The van der Waals surface area contributed by atoms with Crippen LogP contribution in [0, 0.1) is 36.3 Å². The molecular formula is C36H38F5NO. The largest absolute Gasteiger partial charge is 0.389 e. The Labute approximate surface area is 250 Å². The van der Waals surface area contributed by atoms with Crippen molar-refractivity contribution in [1.82, 2.24) is 0 Å². The lowest BCUT2D eigenvalue weighted by Crippen LogP contribution is -2.23. The van der Waals surface area contributed by atoms with E-state index in [0.717, 1.165) is 61.4 Å². The predicted molar refractivity (Wildman–Crippen MR) is 161 cm³/mol. The lowest BCUT2D eigenvalue weighted by Gasteiger charge is -2.32. The highest BCUT2D eigenvalue weighted by Crippen LogP contribution is 2.40. The van der Waals surface area contributed by atoms with E-state index in [2.05, 4.69) is 6.07 Å². The second-order valence-electron chi connectivity index (χ2n) is 12.5. The minimum atomic E-state index is -4.09. The molecule has 1 fully saturated rings. The topological polar surface area (TPSA) is 29.4 Å². The highest BCUT2D eigenvalue weighted by atomic mass is 19.4. The third-order valence-corrected chi connectivity index (χ3v) is 9.04. The molecule has 5 rings (SSSR count). The number of hydrogen-bond donors (Lipinski definition) is 0. The first-order valence-electron chi connectivity index (χ1n) is 15.4. The molecular weight excluding hydrogens is 557 g/mol. The van der Waals surface area contributed by atoms with E-state index in [1.807, 2.05) is 25.1 Å². The summed E-state index contributed by atoms with van der Waals surface area (Å²) in [7, 11) is 0. The molecule has 0 bridgehead atoms. The van der Waals surface area contributed by atoms with Gasteiger partial charge in [-0.3, -0.25) is 9.79 Å². The third-order valence-electron chi connectivity index (χ3n) is 9.04. The molecule has 0 amide bonds. The minimum absolute atomic E-state index is 0.0363. The van der Waals surface area contributed by atoms with Crippen LogP contribution in [0.25, 0.3) is 11.1 Å². The predicted octanol–water partition coefficient (Wildman–Crippen LogP) is 11.0. The van der Waals surface area contributed by atoms with Crippen LogP contribution in [0.2, 0.25) is 0 Å². The summed E-state index contributed by atoms with van der Waals surface area (Å²) < 4.78 is 65.7. The molecule has 228 valence electrons. The molecule has 7 heteroatoms. The van der Waals surface area contributed by atoms with E-state index >= 15 is 0 Å². The highest BCUT2D eigenvalue weighted by molar-refractivity contribution is 6.08. The number of rotatable bonds is 8. The maximum atomic E-state index is 14.0. The van der Waals surface area contributed by atoms with Gasteiger partial charge < -0.3 is 0 Å². The number of carbonyl (C=O) groups is 1. The van der Waals surface area contributed by atoms with Gasteiger partial charge in [-0.05, 0) is 96.9 Å². The molecule has 0 radical (unpaired) electrons. The number of ketones is 1. The van der Waals surface area contributed by atoms with Gasteiger partial charge in [0, 0.05) is 30.2 Å². The summed E-state index contributed by atoms with van der Waals surface area (Å²) in [4.78, 5) is 18.8. The zero-order valence-corrected chi connectivity index (χ0v) is 24.5. The van der Waals surface area contributed by atoms with Crippen molar-refractivity contribution in [2.24, 2.45) is 22.7 Å². The first-order valence-corrected chi connectivity index (χ1v) is 15.4. The number of alkyl halides is 3.